The van der Waals surface area contributed by atoms with E-state index >= 15 is 0 Å². The number of carbonyl (C=O) groups excluding carboxylic acids is 1. The maximum atomic E-state index is 13.3. The van der Waals surface area contributed by atoms with Crippen molar-refractivity contribution in [2.75, 3.05) is 26.2 Å². The van der Waals surface area contributed by atoms with E-state index in [1.165, 1.54) is 15.6 Å². The lowest BCUT2D eigenvalue weighted by molar-refractivity contribution is -0.126. The van der Waals surface area contributed by atoms with Gasteiger partial charge in [-0.25, -0.2) is 8.42 Å². The van der Waals surface area contributed by atoms with Gasteiger partial charge < -0.3 is 14.6 Å². The molecule has 0 unspecified atom stereocenters. The highest BCUT2D eigenvalue weighted by molar-refractivity contribution is 7.89. The Morgan fingerprint density at radius 3 is 2.72 bits per heavy atom. The summed E-state index contributed by atoms with van der Waals surface area (Å²) in [7, 11) is -3.65. The van der Waals surface area contributed by atoms with E-state index in [0.29, 0.717) is 59.9 Å². The van der Waals surface area contributed by atoms with Gasteiger partial charge in [-0.1, -0.05) is 5.16 Å². The molecule has 2 saturated heterocycles. The van der Waals surface area contributed by atoms with E-state index in [1.807, 2.05) is 0 Å². The lowest BCUT2D eigenvalue weighted by Crippen LogP contribution is -2.44. The van der Waals surface area contributed by atoms with Crippen LogP contribution in [0.15, 0.2) is 15.5 Å². The molecule has 1 atom stereocenters. The molecule has 0 radical (unpaired) electrons. The van der Waals surface area contributed by atoms with E-state index in [9.17, 15) is 13.2 Å². The van der Waals surface area contributed by atoms with E-state index < -0.39 is 10.0 Å². The molecule has 0 aromatic carbocycles. The molecule has 2 aliphatic heterocycles. The minimum Gasteiger partial charge on any atom is -0.376 e. The molecule has 1 saturated carbocycles. The van der Waals surface area contributed by atoms with Crippen LogP contribution < -0.4 is 5.32 Å². The van der Waals surface area contributed by atoms with Crippen LogP contribution in [0.3, 0.4) is 0 Å². The van der Waals surface area contributed by atoms with Crippen LogP contribution in [0.2, 0.25) is 0 Å². The number of nitrogens with one attached hydrogen (secondary N) is 1. The summed E-state index contributed by atoms with van der Waals surface area (Å²) in [5, 5.41) is 7.01. The van der Waals surface area contributed by atoms with Gasteiger partial charge in [-0.2, -0.15) is 9.29 Å². The van der Waals surface area contributed by atoms with Crippen LogP contribution in [0, 0.1) is 12.8 Å². The van der Waals surface area contributed by atoms with Crippen molar-refractivity contribution < 1.29 is 22.5 Å². The Hall–Kier alpha value is -1.82. The van der Waals surface area contributed by atoms with Crippen molar-refractivity contribution >= 4 is 27.3 Å². The molecule has 1 amide bonds. The second-order valence-electron chi connectivity index (χ2n) is 8.82. The zero-order valence-corrected chi connectivity index (χ0v) is 19.7. The molecule has 0 bridgehead atoms. The topological polar surface area (TPSA) is 115 Å². The van der Waals surface area contributed by atoms with E-state index in [1.54, 1.807) is 13.0 Å². The first kappa shape index (κ1) is 22.0. The van der Waals surface area contributed by atoms with Gasteiger partial charge in [-0.3, -0.25) is 4.79 Å². The van der Waals surface area contributed by atoms with Crippen molar-refractivity contribution in [1.82, 2.24) is 19.8 Å². The summed E-state index contributed by atoms with van der Waals surface area (Å²) in [4.78, 5) is 18.6. The number of amides is 1. The normalized spacial score (nSPS) is 23.0. The Balaban J connectivity index is 1.21. The average molecular weight is 481 g/mol. The van der Waals surface area contributed by atoms with Gasteiger partial charge in [0.2, 0.25) is 27.6 Å². The number of sulfonamides is 1. The molecule has 5 rings (SSSR count). The number of ether oxygens (including phenoxy) is 1. The summed E-state index contributed by atoms with van der Waals surface area (Å²) in [6, 6.07) is 1.65. The molecule has 11 heteroatoms. The maximum Gasteiger partial charge on any atom is 0.244 e. The molecule has 3 aliphatic rings. The number of rotatable bonds is 7. The Labute approximate surface area is 191 Å². The van der Waals surface area contributed by atoms with E-state index in [2.05, 4.69) is 15.5 Å². The van der Waals surface area contributed by atoms with E-state index in [0.717, 1.165) is 32.3 Å². The Morgan fingerprint density at radius 2 is 2.03 bits per heavy atom. The van der Waals surface area contributed by atoms with Crippen molar-refractivity contribution in [2.45, 2.75) is 62.4 Å². The third kappa shape index (κ3) is 4.48. The Morgan fingerprint density at radius 1 is 1.25 bits per heavy atom. The van der Waals surface area contributed by atoms with Crippen LogP contribution in [0.1, 0.15) is 55.2 Å². The summed E-state index contributed by atoms with van der Waals surface area (Å²) >= 11 is 1.36. The van der Waals surface area contributed by atoms with E-state index in [-0.39, 0.29) is 22.8 Å². The first-order chi connectivity index (χ1) is 15.4. The van der Waals surface area contributed by atoms with Crippen molar-refractivity contribution in [3.05, 3.63) is 16.8 Å². The zero-order chi connectivity index (χ0) is 22.3. The van der Waals surface area contributed by atoms with Crippen LogP contribution >= 0.6 is 11.3 Å². The minimum atomic E-state index is -3.65. The van der Waals surface area contributed by atoms with Crippen LogP contribution in [0.5, 0.6) is 0 Å². The Kier molecular flexibility index (Phi) is 6.08. The average Bonchev–Trinajstić information content (AvgIpc) is 3.18. The second-order valence-corrected chi connectivity index (χ2v) is 12.0. The van der Waals surface area contributed by atoms with Gasteiger partial charge in [0.15, 0.2) is 0 Å². The number of carbonyl (C=O) groups is 1. The molecule has 174 valence electrons. The molecule has 1 N–H and O–H groups in total. The number of piperidine rings is 1. The summed E-state index contributed by atoms with van der Waals surface area (Å²) < 4.78 is 39.0. The number of hydrogen-bond donors (Lipinski definition) is 1. The highest BCUT2D eigenvalue weighted by Crippen LogP contribution is 2.41. The largest absolute Gasteiger partial charge is 0.376 e. The highest BCUT2D eigenvalue weighted by atomic mass is 32.2. The van der Waals surface area contributed by atoms with Crippen LogP contribution in [-0.2, 0) is 19.6 Å². The third-order valence-electron chi connectivity index (χ3n) is 6.43. The minimum absolute atomic E-state index is 0.00452. The number of aryl methyl sites for hydroxylation is 1. The predicted molar refractivity (Wildman–Crippen MR) is 118 cm³/mol. The van der Waals surface area contributed by atoms with Crippen molar-refractivity contribution in [1.29, 1.82) is 0 Å². The van der Waals surface area contributed by atoms with Crippen molar-refractivity contribution in [3.8, 4) is 10.7 Å². The molecule has 2 aromatic heterocycles. The fraction of sp³-hybridized carbons (Fsp3) is 0.667. The first-order valence-corrected chi connectivity index (χ1v) is 13.5. The van der Waals surface area contributed by atoms with Gasteiger partial charge in [-0.15, -0.1) is 11.3 Å². The fourth-order valence-electron chi connectivity index (χ4n) is 4.32. The van der Waals surface area contributed by atoms with Crippen molar-refractivity contribution in [3.63, 3.8) is 0 Å². The van der Waals surface area contributed by atoms with Gasteiger partial charge in [0.05, 0.1) is 15.9 Å². The van der Waals surface area contributed by atoms with Gasteiger partial charge in [0.25, 0.3) is 0 Å². The highest BCUT2D eigenvalue weighted by Gasteiger charge is 2.35. The predicted octanol–water partition coefficient (Wildman–Crippen LogP) is 2.68. The van der Waals surface area contributed by atoms with Crippen LogP contribution in [0.4, 0.5) is 0 Å². The molecule has 4 heterocycles. The van der Waals surface area contributed by atoms with Gasteiger partial charge in [0.1, 0.15) is 0 Å². The summed E-state index contributed by atoms with van der Waals surface area (Å²) in [5.41, 5.74) is 0. The Bertz CT molecular complexity index is 1080. The van der Waals surface area contributed by atoms with Crippen LogP contribution in [-0.4, -0.2) is 61.1 Å². The smallest absolute Gasteiger partial charge is 0.244 e. The van der Waals surface area contributed by atoms with Crippen LogP contribution in [0.25, 0.3) is 10.7 Å². The molecule has 32 heavy (non-hydrogen) atoms. The molecular formula is C21H28N4O5S2. The molecule has 0 spiro atoms. The quantitative estimate of drug-likeness (QED) is 0.648. The van der Waals surface area contributed by atoms with E-state index in [4.69, 9.17) is 9.26 Å². The number of aromatic nitrogens is 2. The number of hydrogen-bond acceptors (Lipinski definition) is 8. The summed E-state index contributed by atoms with van der Waals surface area (Å²) in [5.74, 6) is 1.26. The van der Waals surface area contributed by atoms with Crippen molar-refractivity contribution in [2.24, 2.45) is 5.92 Å². The lowest BCUT2D eigenvalue weighted by atomic mass is 9.97. The molecule has 2 aromatic rings. The molecular weight excluding hydrogens is 452 g/mol. The first-order valence-electron chi connectivity index (χ1n) is 11.3. The summed E-state index contributed by atoms with van der Waals surface area (Å²) in [6.45, 7) is 3.76. The summed E-state index contributed by atoms with van der Waals surface area (Å²) in [6.07, 6.45) is 5.28. The fourth-order valence-corrected chi connectivity index (χ4v) is 7.28. The monoisotopic (exact) mass is 480 g/mol. The zero-order valence-electron chi connectivity index (χ0n) is 18.1. The maximum absolute atomic E-state index is 13.3. The molecule has 1 aliphatic carbocycles. The number of thiophene rings is 1. The number of nitrogens with zero attached hydrogens (tertiary/aromatic N) is 3. The van der Waals surface area contributed by atoms with Gasteiger partial charge in [0, 0.05) is 43.0 Å². The second kappa shape index (κ2) is 8.85. The standard InChI is InChI=1S/C21H28N4O5S2/c1-13-18(11-17(31-13)19-23-21(30-24-19)15-4-5-15)32(27,28)25-8-6-14(7-9-25)20(26)22-12-16-3-2-10-29-16/h11,14-16H,2-10,12H2,1H3,(H,22,26)/t16-/m1/s1. The molecule has 9 nitrogen and oxygen atoms in total. The molecule has 3 fully saturated rings. The van der Waals surface area contributed by atoms with Gasteiger partial charge >= 0.3 is 0 Å². The third-order valence-corrected chi connectivity index (χ3v) is 9.63. The SMILES string of the molecule is Cc1sc(-c2noc(C3CC3)n2)cc1S(=O)(=O)N1CCC(C(=O)NC[C@H]2CCCO2)CC1. The lowest BCUT2D eigenvalue weighted by Gasteiger charge is -2.30. The van der Waals surface area contributed by atoms with Gasteiger partial charge in [-0.05, 0) is 51.5 Å².